The van der Waals surface area contributed by atoms with Gasteiger partial charge in [0.2, 0.25) is 0 Å². The van der Waals surface area contributed by atoms with Crippen LogP contribution in [0.15, 0.2) is 28.5 Å². The standard InChI is InChI=1S/C10H12N4O5/c1-13(6-10(15)16)12-11-8-4-3-7(14(17)18)5-9(8)19-2/h3-5H,6H2,1-2H3,(H,15,16)/b12-11+. The predicted molar refractivity (Wildman–Crippen MR) is 64.4 cm³/mol. The number of hydrogen-bond acceptors (Lipinski definition) is 6. The van der Waals surface area contributed by atoms with Gasteiger partial charge in [0, 0.05) is 13.1 Å². The smallest absolute Gasteiger partial charge is 0.324 e. The minimum absolute atomic E-state index is 0.130. The molecule has 102 valence electrons. The highest BCUT2D eigenvalue weighted by Crippen LogP contribution is 2.31. The Kier molecular flexibility index (Phi) is 4.75. The molecule has 0 saturated carbocycles. The van der Waals surface area contributed by atoms with Crippen LogP contribution in [0.2, 0.25) is 0 Å². The molecule has 9 heteroatoms. The molecule has 1 aromatic rings. The lowest BCUT2D eigenvalue weighted by Crippen LogP contribution is -2.19. The second kappa shape index (κ2) is 6.28. The fourth-order valence-electron chi connectivity index (χ4n) is 1.21. The summed E-state index contributed by atoms with van der Waals surface area (Å²) in [5.41, 5.74) is 0.139. The number of rotatable bonds is 6. The number of hydrogen-bond donors (Lipinski definition) is 1. The zero-order valence-electron chi connectivity index (χ0n) is 10.3. The summed E-state index contributed by atoms with van der Waals surface area (Å²) in [4.78, 5) is 20.5. The molecule has 0 aliphatic heterocycles. The summed E-state index contributed by atoms with van der Waals surface area (Å²) < 4.78 is 4.96. The number of carboxylic acids is 1. The molecule has 0 saturated heterocycles. The van der Waals surface area contributed by atoms with E-state index < -0.39 is 10.9 Å². The predicted octanol–water partition coefficient (Wildman–Crippen LogP) is 1.62. The van der Waals surface area contributed by atoms with Crippen molar-refractivity contribution in [3.8, 4) is 5.75 Å². The minimum atomic E-state index is -1.04. The van der Waals surface area contributed by atoms with E-state index in [0.29, 0.717) is 0 Å². The number of aliphatic carboxylic acids is 1. The average molecular weight is 268 g/mol. The van der Waals surface area contributed by atoms with Crippen molar-refractivity contribution in [1.82, 2.24) is 5.01 Å². The molecule has 1 N–H and O–H groups in total. The molecule has 0 amide bonds. The third-order valence-electron chi connectivity index (χ3n) is 2.04. The van der Waals surface area contributed by atoms with Gasteiger partial charge in [-0.1, -0.05) is 5.22 Å². The first-order valence-corrected chi connectivity index (χ1v) is 5.11. The van der Waals surface area contributed by atoms with E-state index >= 15 is 0 Å². The highest BCUT2D eigenvalue weighted by molar-refractivity contribution is 5.68. The van der Waals surface area contributed by atoms with Gasteiger partial charge in [0.05, 0.1) is 18.1 Å². The van der Waals surface area contributed by atoms with Gasteiger partial charge in [-0.3, -0.25) is 19.9 Å². The molecule has 1 rings (SSSR count). The van der Waals surface area contributed by atoms with Crippen molar-refractivity contribution in [1.29, 1.82) is 0 Å². The first kappa shape index (κ1) is 14.4. The van der Waals surface area contributed by atoms with Gasteiger partial charge in [0.15, 0.2) is 5.75 Å². The zero-order valence-corrected chi connectivity index (χ0v) is 10.3. The van der Waals surface area contributed by atoms with Crippen LogP contribution in [0, 0.1) is 10.1 Å². The summed E-state index contributed by atoms with van der Waals surface area (Å²) in [6.45, 7) is -0.307. The van der Waals surface area contributed by atoms with Crippen molar-refractivity contribution in [2.24, 2.45) is 10.3 Å². The topological polar surface area (TPSA) is 118 Å². The summed E-state index contributed by atoms with van der Waals surface area (Å²) in [5, 5.41) is 27.7. The van der Waals surface area contributed by atoms with Crippen molar-refractivity contribution in [2.75, 3.05) is 20.7 Å². The van der Waals surface area contributed by atoms with Gasteiger partial charge in [0.1, 0.15) is 12.2 Å². The van der Waals surface area contributed by atoms with Crippen LogP contribution in [0.25, 0.3) is 0 Å². The van der Waals surface area contributed by atoms with Crippen molar-refractivity contribution in [3.05, 3.63) is 28.3 Å². The highest BCUT2D eigenvalue weighted by Gasteiger charge is 2.11. The van der Waals surface area contributed by atoms with E-state index in [-0.39, 0.29) is 23.7 Å². The Labute approximate surface area is 108 Å². The fraction of sp³-hybridized carbons (Fsp3) is 0.300. The zero-order chi connectivity index (χ0) is 14.4. The van der Waals surface area contributed by atoms with E-state index in [2.05, 4.69) is 10.3 Å². The summed E-state index contributed by atoms with van der Waals surface area (Å²) in [5.74, 6) is -0.862. The van der Waals surface area contributed by atoms with E-state index in [1.54, 1.807) is 0 Å². The number of methoxy groups -OCH3 is 1. The first-order chi connectivity index (χ1) is 8.93. The van der Waals surface area contributed by atoms with Crippen LogP contribution in [0.5, 0.6) is 5.75 Å². The third-order valence-corrected chi connectivity index (χ3v) is 2.04. The van der Waals surface area contributed by atoms with E-state index in [1.807, 2.05) is 0 Å². The van der Waals surface area contributed by atoms with Crippen LogP contribution in [-0.2, 0) is 4.79 Å². The number of nitro groups is 1. The van der Waals surface area contributed by atoms with Gasteiger partial charge in [-0.2, -0.15) is 0 Å². The summed E-state index contributed by atoms with van der Waals surface area (Å²) in [6, 6.07) is 3.84. The molecule has 0 spiro atoms. The largest absolute Gasteiger partial charge is 0.494 e. The molecule has 0 aromatic heterocycles. The molecular weight excluding hydrogens is 256 g/mol. The molecule has 0 fully saturated rings. The van der Waals surface area contributed by atoms with Gasteiger partial charge in [-0.05, 0) is 6.07 Å². The number of carbonyl (C=O) groups is 1. The van der Waals surface area contributed by atoms with Crippen LogP contribution in [0.3, 0.4) is 0 Å². The Bertz CT molecular complexity index is 517. The van der Waals surface area contributed by atoms with E-state index in [4.69, 9.17) is 9.84 Å². The normalized spacial score (nSPS) is 10.4. The Morgan fingerprint density at radius 1 is 1.58 bits per heavy atom. The van der Waals surface area contributed by atoms with Crippen LogP contribution in [-0.4, -0.2) is 41.7 Å². The SMILES string of the molecule is COc1cc([N+](=O)[O-])ccc1/N=N/N(C)CC(=O)O. The molecule has 0 radical (unpaired) electrons. The van der Waals surface area contributed by atoms with Crippen molar-refractivity contribution in [2.45, 2.75) is 0 Å². The highest BCUT2D eigenvalue weighted by atomic mass is 16.6. The number of benzene rings is 1. The molecule has 0 aliphatic carbocycles. The Morgan fingerprint density at radius 2 is 2.26 bits per heavy atom. The van der Waals surface area contributed by atoms with E-state index in [0.717, 1.165) is 5.01 Å². The molecule has 19 heavy (non-hydrogen) atoms. The summed E-state index contributed by atoms with van der Waals surface area (Å²) >= 11 is 0. The molecule has 1 aromatic carbocycles. The van der Waals surface area contributed by atoms with Gasteiger partial charge < -0.3 is 9.84 Å². The lowest BCUT2D eigenvalue weighted by molar-refractivity contribution is -0.384. The van der Waals surface area contributed by atoms with E-state index in [1.165, 1.54) is 32.4 Å². The number of likely N-dealkylation sites (N-methyl/N-ethyl adjacent to an activating group) is 1. The molecular formula is C10H12N4O5. The molecule has 9 nitrogen and oxygen atoms in total. The second-order valence-corrected chi connectivity index (χ2v) is 3.51. The average Bonchev–Trinajstić information content (AvgIpc) is 2.35. The van der Waals surface area contributed by atoms with Gasteiger partial charge in [-0.15, -0.1) is 5.11 Å². The number of non-ortho nitro benzene ring substituents is 1. The van der Waals surface area contributed by atoms with Gasteiger partial charge in [-0.25, -0.2) is 0 Å². The Balaban J connectivity index is 2.92. The lowest BCUT2D eigenvalue weighted by Gasteiger charge is -2.08. The maximum absolute atomic E-state index is 10.6. The van der Waals surface area contributed by atoms with Crippen LogP contribution in [0.4, 0.5) is 11.4 Å². The third kappa shape index (κ3) is 4.22. The first-order valence-electron chi connectivity index (χ1n) is 5.11. The van der Waals surface area contributed by atoms with Gasteiger partial charge in [0.25, 0.3) is 5.69 Å². The van der Waals surface area contributed by atoms with E-state index in [9.17, 15) is 14.9 Å². The maximum Gasteiger partial charge on any atom is 0.324 e. The van der Waals surface area contributed by atoms with Crippen molar-refractivity contribution < 1.29 is 19.6 Å². The number of ether oxygens (including phenoxy) is 1. The van der Waals surface area contributed by atoms with Crippen LogP contribution in [0.1, 0.15) is 0 Å². The molecule has 0 unspecified atom stereocenters. The Morgan fingerprint density at radius 3 is 2.79 bits per heavy atom. The molecule has 0 aliphatic rings. The Hall–Kier alpha value is -2.71. The maximum atomic E-state index is 10.6. The molecule has 0 atom stereocenters. The van der Waals surface area contributed by atoms with Crippen molar-refractivity contribution in [3.63, 3.8) is 0 Å². The monoisotopic (exact) mass is 268 g/mol. The quantitative estimate of drug-likeness (QED) is 0.475. The fourth-order valence-corrected chi connectivity index (χ4v) is 1.21. The number of carboxylic acid groups (broad SMARTS) is 1. The number of nitro benzene ring substituents is 1. The van der Waals surface area contributed by atoms with Gasteiger partial charge >= 0.3 is 5.97 Å². The van der Waals surface area contributed by atoms with Crippen LogP contribution >= 0.6 is 0 Å². The molecule has 0 heterocycles. The summed E-state index contributed by atoms with van der Waals surface area (Å²) in [7, 11) is 2.79. The van der Waals surface area contributed by atoms with Crippen LogP contribution < -0.4 is 4.74 Å². The van der Waals surface area contributed by atoms with Crippen molar-refractivity contribution >= 4 is 17.3 Å². The number of nitrogens with zero attached hydrogens (tertiary/aromatic N) is 4. The molecule has 0 bridgehead atoms. The summed E-state index contributed by atoms with van der Waals surface area (Å²) in [6.07, 6.45) is 0. The minimum Gasteiger partial charge on any atom is -0.494 e. The second-order valence-electron chi connectivity index (χ2n) is 3.51. The lowest BCUT2D eigenvalue weighted by atomic mass is 10.2.